The Morgan fingerprint density at radius 1 is 0.729 bits per heavy atom. The first-order valence-corrected chi connectivity index (χ1v) is 17.5. The number of aromatic hydroxyl groups is 1. The zero-order valence-corrected chi connectivity index (χ0v) is 26.2. The third-order valence-electron chi connectivity index (χ3n) is 7.36. The maximum atomic E-state index is 12.1. The summed E-state index contributed by atoms with van der Waals surface area (Å²) in [5, 5.41) is 33.2. The van der Waals surface area contributed by atoms with Gasteiger partial charge in [0.1, 0.15) is 22.1 Å². The van der Waals surface area contributed by atoms with E-state index >= 15 is 0 Å². The van der Waals surface area contributed by atoms with E-state index in [0.717, 1.165) is 18.2 Å². The molecule has 5 aromatic rings. The number of phenols is 1. The maximum absolute atomic E-state index is 12.1. The van der Waals surface area contributed by atoms with Crippen LogP contribution in [0.25, 0.3) is 21.5 Å². The van der Waals surface area contributed by atoms with Gasteiger partial charge in [-0.15, -0.1) is 5.11 Å². The van der Waals surface area contributed by atoms with E-state index in [9.17, 15) is 54.1 Å². The highest BCUT2D eigenvalue weighted by Crippen LogP contribution is 2.48. The standard InChI is InChI=1S/C27H20N6O12S3/c28-26-24(48(43,44)45)12-23(47(40,41)42)18-6-8-22(27(34)25(18)26)32-13-31(32)21-9-7-20(17-5-4-16(11-19(17)21)46(37,38)39)30-29-14-2-1-3-15(10-14)33(35)36/h1-12,34H,13,28H2,(H,37,38,39)(H,40,41,42)(H,43,44,45). The number of hydrazine groups is 1. The number of nitro groups is 1. The van der Waals surface area contributed by atoms with Crippen LogP contribution in [-0.2, 0) is 30.4 Å². The summed E-state index contributed by atoms with van der Waals surface area (Å²) in [7, 11) is -14.9. The molecule has 0 spiro atoms. The number of fused-ring (bicyclic) bond motifs is 2. The number of nitrogens with zero attached hydrogens (tertiary/aromatic N) is 5. The number of rotatable bonds is 8. The first kappa shape index (κ1) is 32.5. The van der Waals surface area contributed by atoms with Crippen LogP contribution in [0.5, 0.6) is 5.75 Å². The van der Waals surface area contributed by atoms with Crippen molar-refractivity contribution in [1.29, 1.82) is 0 Å². The molecule has 0 bridgehead atoms. The average Bonchev–Trinajstić information content (AvgIpc) is 3.78. The lowest BCUT2D eigenvalue weighted by molar-refractivity contribution is -0.384. The van der Waals surface area contributed by atoms with Gasteiger partial charge >= 0.3 is 0 Å². The SMILES string of the molecule is Nc1c(S(=O)(=O)O)cc(S(=O)(=O)O)c2ccc(N3CN3c3ccc(N=Nc4cccc([N+](=O)[O-])c4)c4ccc(S(=O)(=O)O)cc34)c(O)c12. The summed E-state index contributed by atoms with van der Waals surface area (Å²) >= 11 is 0. The summed E-state index contributed by atoms with van der Waals surface area (Å²) in [4.78, 5) is 8.05. The first-order valence-electron chi connectivity index (χ1n) is 13.1. The van der Waals surface area contributed by atoms with Gasteiger partial charge in [-0.05, 0) is 42.5 Å². The molecule has 0 atom stereocenters. The fraction of sp³-hybridized carbons (Fsp3) is 0.0370. The van der Waals surface area contributed by atoms with E-state index in [1.165, 1.54) is 58.5 Å². The van der Waals surface area contributed by atoms with Gasteiger partial charge in [0.15, 0.2) is 5.75 Å². The largest absolute Gasteiger partial charge is 0.505 e. The molecule has 0 radical (unpaired) electrons. The van der Waals surface area contributed by atoms with Gasteiger partial charge in [0.05, 0.1) is 38.0 Å². The highest BCUT2D eigenvalue weighted by molar-refractivity contribution is 7.87. The van der Waals surface area contributed by atoms with Crippen LogP contribution in [0.15, 0.2) is 97.7 Å². The van der Waals surface area contributed by atoms with Gasteiger partial charge in [-0.1, -0.05) is 18.2 Å². The normalized spacial score (nSPS) is 13.9. The molecule has 6 N–H and O–H groups in total. The number of phenolic OH excluding ortho intramolecular Hbond substituents is 1. The Bertz CT molecular complexity index is 2600. The molecule has 0 aliphatic carbocycles. The molecule has 1 saturated heterocycles. The molecule has 48 heavy (non-hydrogen) atoms. The summed E-state index contributed by atoms with van der Waals surface area (Å²) in [6.45, 7) is 0.0296. The van der Waals surface area contributed by atoms with Gasteiger partial charge in [0, 0.05) is 28.3 Å². The number of hydrogen-bond acceptors (Lipinski definition) is 14. The highest BCUT2D eigenvalue weighted by Gasteiger charge is 2.37. The van der Waals surface area contributed by atoms with Crippen LogP contribution >= 0.6 is 0 Å². The number of azo groups is 1. The van der Waals surface area contributed by atoms with Crippen molar-refractivity contribution in [1.82, 2.24) is 0 Å². The van der Waals surface area contributed by atoms with E-state index in [1.807, 2.05) is 0 Å². The third kappa shape index (κ3) is 5.80. The minimum atomic E-state index is -5.12. The molecule has 1 fully saturated rings. The van der Waals surface area contributed by atoms with Crippen LogP contribution in [0.4, 0.5) is 34.1 Å². The monoisotopic (exact) mass is 716 g/mol. The lowest BCUT2D eigenvalue weighted by Crippen LogP contribution is -2.09. The molecule has 0 unspecified atom stereocenters. The van der Waals surface area contributed by atoms with Crippen molar-refractivity contribution in [2.24, 2.45) is 10.2 Å². The van der Waals surface area contributed by atoms with Crippen LogP contribution in [-0.4, -0.2) is 55.6 Å². The summed E-state index contributed by atoms with van der Waals surface area (Å²) in [6.07, 6.45) is 0. The number of non-ortho nitro benzene ring substituents is 1. The minimum absolute atomic E-state index is 0.0296. The molecular formula is C27H20N6O12S3. The second-order valence-electron chi connectivity index (χ2n) is 10.3. The van der Waals surface area contributed by atoms with Crippen molar-refractivity contribution in [3.05, 3.63) is 82.9 Å². The molecule has 1 aliphatic rings. The number of hydrogen-bond donors (Lipinski definition) is 5. The molecule has 21 heteroatoms. The van der Waals surface area contributed by atoms with Crippen molar-refractivity contribution in [2.45, 2.75) is 14.7 Å². The van der Waals surface area contributed by atoms with Crippen LogP contribution in [0.1, 0.15) is 0 Å². The predicted octanol–water partition coefficient (Wildman–Crippen LogP) is 4.54. The van der Waals surface area contributed by atoms with E-state index in [1.54, 1.807) is 0 Å². The molecule has 5 aromatic carbocycles. The Labute approximate surface area is 270 Å². The summed E-state index contributed by atoms with van der Waals surface area (Å²) in [6, 6.07) is 14.9. The number of nitrogens with two attached hydrogens (primary N) is 1. The second kappa shape index (κ2) is 11.1. The quantitative estimate of drug-likeness (QED) is 0.0368. The van der Waals surface area contributed by atoms with E-state index in [4.69, 9.17) is 5.73 Å². The Morgan fingerprint density at radius 2 is 1.38 bits per heavy atom. The zero-order chi connectivity index (χ0) is 34.9. The molecule has 0 aromatic heterocycles. The van der Waals surface area contributed by atoms with Gasteiger partial charge < -0.3 is 10.8 Å². The molecule has 248 valence electrons. The molecular weight excluding hydrogens is 697 g/mol. The van der Waals surface area contributed by atoms with Crippen molar-refractivity contribution >= 4 is 86.0 Å². The molecule has 6 rings (SSSR count). The van der Waals surface area contributed by atoms with E-state index in [2.05, 4.69) is 10.2 Å². The summed E-state index contributed by atoms with van der Waals surface area (Å²) < 4.78 is 101. The number of anilines is 3. The van der Waals surface area contributed by atoms with Gasteiger partial charge in [-0.2, -0.15) is 30.4 Å². The zero-order valence-electron chi connectivity index (χ0n) is 23.7. The summed E-state index contributed by atoms with van der Waals surface area (Å²) in [5.41, 5.74) is 5.71. The molecule has 0 amide bonds. The topological polar surface area (TPSA) is 283 Å². The van der Waals surface area contributed by atoms with E-state index in [0.29, 0.717) is 17.1 Å². The molecule has 18 nitrogen and oxygen atoms in total. The van der Waals surface area contributed by atoms with Crippen molar-refractivity contribution < 1.29 is 48.9 Å². The van der Waals surface area contributed by atoms with E-state index in [-0.39, 0.29) is 40.2 Å². The Balaban J connectivity index is 1.47. The van der Waals surface area contributed by atoms with Crippen LogP contribution in [0.3, 0.4) is 0 Å². The fourth-order valence-corrected chi connectivity index (χ4v) is 7.09. The third-order valence-corrected chi connectivity index (χ3v) is 10.00. The Kier molecular flexibility index (Phi) is 7.49. The number of benzene rings is 5. The molecule has 1 aliphatic heterocycles. The number of nitro benzene ring substituents is 1. The van der Waals surface area contributed by atoms with Crippen LogP contribution in [0.2, 0.25) is 0 Å². The molecule has 0 saturated carbocycles. The Morgan fingerprint density at radius 3 is 2.02 bits per heavy atom. The lowest BCUT2D eigenvalue weighted by atomic mass is 10.1. The molecule has 1 heterocycles. The second-order valence-corrected chi connectivity index (χ2v) is 14.5. The van der Waals surface area contributed by atoms with Crippen molar-refractivity contribution in [2.75, 3.05) is 22.4 Å². The maximum Gasteiger partial charge on any atom is 0.296 e. The minimum Gasteiger partial charge on any atom is -0.505 e. The average molecular weight is 717 g/mol. The van der Waals surface area contributed by atoms with Gasteiger partial charge in [0.25, 0.3) is 36.0 Å². The highest BCUT2D eigenvalue weighted by atomic mass is 32.2. The number of nitrogen functional groups attached to an aromatic ring is 1. The van der Waals surface area contributed by atoms with Gasteiger partial charge in [-0.25, -0.2) is 0 Å². The first-order chi connectivity index (χ1) is 22.4. The fourth-order valence-electron chi connectivity index (χ4n) is 5.15. The van der Waals surface area contributed by atoms with Gasteiger partial charge in [-0.3, -0.25) is 33.8 Å². The predicted molar refractivity (Wildman–Crippen MR) is 171 cm³/mol. The van der Waals surface area contributed by atoms with Gasteiger partial charge in [0.2, 0.25) is 0 Å². The Hall–Kier alpha value is -5.45. The van der Waals surface area contributed by atoms with Crippen LogP contribution in [0, 0.1) is 10.1 Å². The smallest absolute Gasteiger partial charge is 0.296 e. The van der Waals surface area contributed by atoms with Crippen LogP contribution < -0.4 is 15.8 Å². The van der Waals surface area contributed by atoms with Crippen molar-refractivity contribution in [3.63, 3.8) is 0 Å². The lowest BCUT2D eigenvalue weighted by Gasteiger charge is -2.16. The summed E-state index contributed by atoms with van der Waals surface area (Å²) in [5.74, 6) is -0.715. The van der Waals surface area contributed by atoms with Crippen molar-refractivity contribution in [3.8, 4) is 5.75 Å². The van der Waals surface area contributed by atoms with E-state index < -0.39 is 66.8 Å².